The third-order valence-electron chi connectivity index (χ3n) is 11.2. The second-order valence-corrected chi connectivity index (χ2v) is 15.9. The van der Waals surface area contributed by atoms with Gasteiger partial charge in [0.1, 0.15) is 11.3 Å². The van der Waals surface area contributed by atoms with Crippen LogP contribution in [0.1, 0.15) is 0 Å². The first-order valence-corrected chi connectivity index (χ1v) is 21.2. The Labute approximate surface area is 366 Å². The summed E-state index contributed by atoms with van der Waals surface area (Å²) in [6, 6.07) is 69.9. The van der Waals surface area contributed by atoms with Crippen molar-refractivity contribution < 1.29 is 10.0 Å². The van der Waals surface area contributed by atoms with Crippen LogP contribution in [-0.2, 0) is 0 Å². The van der Waals surface area contributed by atoms with Crippen LogP contribution in [0.5, 0.6) is 0 Å². The standard InChI is InChI=1S/C27H18N2.C15H9BrN2.C12H11BO2/c1-2-8-19(9-3-1)22-11-6-7-12-23(22)21-14-15-25-26(18-21)29-17-16-20-10-4-5-13-24(20)27(29)28-25;16-11-5-6-13-14(9-11)18-8-7-10-3-1-2-4-12(10)15(18)17-13;14-13(15)12-9-5-4-8-11(12)10-6-2-1-3-7-10/h1-18H;1-9H;1-9,14-15H. The lowest BCUT2D eigenvalue weighted by molar-refractivity contribution is 0.426. The van der Waals surface area contributed by atoms with E-state index in [1.807, 2.05) is 54.6 Å². The van der Waals surface area contributed by atoms with E-state index in [-0.39, 0.29) is 0 Å². The zero-order valence-corrected chi connectivity index (χ0v) is 35.0. The second kappa shape index (κ2) is 17.0. The van der Waals surface area contributed by atoms with Crippen LogP contribution in [0.4, 0.5) is 0 Å². The summed E-state index contributed by atoms with van der Waals surface area (Å²) in [6.07, 6.45) is 4.21. The summed E-state index contributed by atoms with van der Waals surface area (Å²) in [5.41, 5.74) is 13.6. The third kappa shape index (κ3) is 7.52. The normalized spacial score (nSPS) is 11.1. The van der Waals surface area contributed by atoms with Crippen molar-refractivity contribution in [3.05, 3.63) is 223 Å². The van der Waals surface area contributed by atoms with Gasteiger partial charge in [0, 0.05) is 27.6 Å². The molecule has 296 valence electrons. The Morgan fingerprint density at radius 3 is 1.44 bits per heavy atom. The zero-order chi connectivity index (χ0) is 42.0. The highest BCUT2D eigenvalue weighted by molar-refractivity contribution is 9.10. The van der Waals surface area contributed by atoms with E-state index in [4.69, 9.17) is 9.97 Å². The molecular weight excluding hydrogens is 827 g/mol. The Bertz CT molecular complexity index is 3530. The van der Waals surface area contributed by atoms with Crippen molar-refractivity contribution in [1.29, 1.82) is 0 Å². The Hall–Kier alpha value is -7.36. The maximum atomic E-state index is 9.22. The number of aromatic nitrogens is 4. The molecular formula is C54H38BBrN4O2. The summed E-state index contributed by atoms with van der Waals surface area (Å²) in [6.45, 7) is 0. The average Bonchev–Trinajstić information content (AvgIpc) is 3.91. The highest BCUT2D eigenvalue weighted by atomic mass is 79.9. The van der Waals surface area contributed by atoms with E-state index in [2.05, 4.69) is 177 Å². The van der Waals surface area contributed by atoms with Gasteiger partial charge in [-0.15, -0.1) is 0 Å². The van der Waals surface area contributed by atoms with Crippen molar-refractivity contribution in [2.45, 2.75) is 0 Å². The minimum Gasteiger partial charge on any atom is -0.423 e. The van der Waals surface area contributed by atoms with E-state index < -0.39 is 7.12 Å². The SMILES string of the molecule is Brc1ccc2nc3c4ccccc4ccn3c2c1.OB(O)c1ccccc1-c1ccccc1.c1ccc(-c2ccccc2-c2ccc3nc4c5ccccc5ccn4c3c2)cc1. The molecule has 4 aromatic heterocycles. The molecule has 0 unspecified atom stereocenters. The van der Waals surface area contributed by atoms with Gasteiger partial charge in [-0.3, -0.25) is 8.80 Å². The molecule has 8 heteroatoms. The molecule has 8 aromatic carbocycles. The van der Waals surface area contributed by atoms with Crippen molar-refractivity contribution in [3.8, 4) is 33.4 Å². The van der Waals surface area contributed by atoms with E-state index >= 15 is 0 Å². The van der Waals surface area contributed by atoms with Gasteiger partial charge in [-0.1, -0.05) is 180 Å². The molecule has 0 aliphatic heterocycles. The van der Waals surface area contributed by atoms with Gasteiger partial charge in [0.2, 0.25) is 0 Å². The summed E-state index contributed by atoms with van der Waals surface area (Å²) in [5, 5.41) is 23.2. The first-order chi connectivity index (χ1) is 30.5. The number of hydrogen-bond donors (Lipinski definition) is 2. The van der Waals surface area contributed by atoms with E-state index in [9.17, 15) is 10.0 Å². The van der Waals surface area contributed by atoms with Crippen LogP contribution in [0.3, 0.4) is 0 Å². The monoisotopic (exact) mass is 864 g/mol. The Morgan fingerprint density at radius 2 is 0.855 bits per heavy atom. The highest BCUT2D eigenvalue weighted by Gasteiger charge is 2.16. The number of nitrogens with zero attached hydrogens (tertiary/aromatic N) is 4. The summed E-state index contributed by atoms with van der Waals surface area (Å²) in [4.78, 5) is 9.65. The molecule has 0 saturated heterocycles. The molecule has 12 rings (SSSR count). The van der Waals surface area contributed by atoms with Crippen molar-refractivity contribution in [3.63, 3.8) is 0 Å². The second-order valence-electron chi connectivity index (χ2n) is 15.0. The van der Waals surface area contributed by atoms with E-state index in [0.717, 1.165) is 49.0 Å². The van der Waals surface area contributed by atoms with Gasteiger partial charge >= 0.3 is 7.12 Å². The van der Waals surface area contributed by atoms with Crippen LogP contribution in [0.25, 0.3) is 88.3 Å². The minimum absolute atomic E-state index is 0.531. The lowest BCUT2D eigenvalue weighted by atomic mass is 9.75. The predicted molar refractivity (Wildman–Crippen MR) is 261 cm³/mol. The van der Waals surface area contributed by atoms with E-state index in [1.165, 1.54) is 43.8 Å². The van der Waals surface area contributed by atoms with Crippen LogP contribution >= 0.6 is 15.9 Å². The molecule has 0 aliphatic carbocycles. The van der Waals surface area contributed by atoms with Crippen molar-refractivity contribution in [2.75, 3.05) is 0 Å². The Kier molecular flexibility index (Phi) is 10.6. The molecule has 62 heavy (non-hydrogen) atoms. The van der Waals surface area contributed by atoms with Gasteiger partial charge in [-0.05, 0) is 92.1 Å². The number of imidazole rings is 2. The smallest absolute Gasteiger partial charge is 0.423 e. The summed E-state index contributed by atoms with van der Waals surface area (Å²) in [7, 11) is -1.43. The van der Waals surface area contributed by atoms with Crippen LogP contribution in [0.2, 0.25) is 0 Å². The van der Waals surface area contributed by atoms with Crippen molar-refractivity contribution in [1.82, 2.24) is 18.8 Å². The van der Waals surface area contributed by atoms with Gasteiger partial charge in [0.15, 0.2) is 0 Å². The summed E-state index contributed by atoms with van der Waals surface area (Å²) >= 11 is 3.51. The van der Waals surface area contributed by atoms with Gasteiger partial charge in [-0.2, -0.15) is 0 Å². The molecule has 0 atom stereocenters. The number of rotatable bonds is 4. The first-order valence-electron chi connectivity index (χ1n) is 20.4. The maximum absolute atomic E-state index is 9.22. The van der Waals surface area contributed by atoms with Gasteiger partial charge in [0.05, 0.1) is 22.1 Å². The largest absolute Gasteiger partial charge is 0.489 e. The molecule has 0 radical (unpaired) electrons. The fourth-order valence-electron chi connectivity index (χ4n) is 8.22. The number of hydrogen-bond acceptors (Lipinski definition) is 4. The molecule has 2 N–H and O–H groups in total. The van der Waals surface area contributed by atoms with Crippen LogP contribution in [0, 0.1) is 0 Å². The van der Waals surface area contributed by atoms with Crippen LogP contribution in [-0.4, -0.2) is 35.9 Å². The van der Waals surface area contributed by atoms with Crippen LogP contribution in [0.15, 0.2) is 223 Å². The fourth-order valence-corrected chi connectivity index (χ4v) is 8.57. The van der Waals surface area contributed by atoms with Crippen molar-refractivity contribution in [2.24, 2.45) is 0 Å². The third-order valence-corrected chi connectivity index (χ3v) is 11.7. The zero-order valence-electron chi connectivity index (χ0n) is 33.4. The number of benzene rings is 8. The Balaban J connectivity index is 0.000000119. The van der Waals surface area contributed by atoms with Gasteiger partial charge < -0.3 is 10.0 Å². The van der Waals surface area contributed by atoms with E-state index in [0.29, 0.717) is 5.46 Å². The molecule has 4 heterocycles. The number of halogens is 1. The Morgan fingerprint density at radius 1 is 0.403 bits per heavy atom. The van der Waals surface area contributed by atoms with Gasteiger partial charge in [-0.25, -0.2) is 9.97 Å². The van der Waals surface area contributed by atoms with Gasteiger partial charge in [0.25, 0.3) is 0 Å². The molecule has 0 saturated carbocycles. The number of fused-ring (bicyclic) bond motifs is 10. The summed E-state index contributed by atoms with van der Waals surface area (Å²) in [5.74, 6) is 0. The molecule has 0 aliphatic rings. The topological polar surface area (TPSA) is 75.1 Å². The number of pyridine rings is 2. The minimum atomic E-state index is -1.43. The molecule has 0 fully saturated rings. The fraction of sp³-hybridized carbons (Fsp3) is 0. The van der Waals surface area contributed by atoms with Crippen LogP contribution < -0.4 is 5.46 Å². The maximum Gasteiger partial charge on any atom is 0.489 e. The lowest BCUT2D eigenvalue weighted by Gasteiger charge is -2.10. The highest BCUT2D eigenvalue weighted by Crippen LogP contribution is 2.34. The van der Waals surface area contributed by atoms with E-state index in [1.54, 1.807) is 12.1 Å². The lowest BCUT2D eigenvalue weighted by Crippen LogP contribution is -2.31. The quantitative estimate of drug-likeness (QED) is 0.173. The van der Waals surface area contributed by atoms with Crippen molar-refractivity contribution >= 4 is 83.4 Å². The molecule has 0 spiro atoms. The molecule has 12 aromatic rings. The predicted octanol–water partition coefficient (Wildman–Crippen LogP) is 12.4. The molecule has 6 nitrogen and oxygen atoms in total. The molecule has 0 bridgehead atoms. The first kappa shape index (κ1) is 38.8. The average molecular weight is 866 g/mol. The molecule has 0 amide bonds. The summed E-state index contributed by atoms with van der Waals surface area (Å²) < 4.78 is 5.42.